The Hall–Kier alpha value is -1.55. The standard InChI is InChI=1S/C13H17N3O/c17-10-16-12-7-3-2-6-11(12)13(14-16)15-8-4-1-5-9-15/h2-3,6-7,17H,1,4-5,8-10H2. The maximum absolute atomic E-state index is 9.33. The highest BCUT2D eigenvalue weighted by molar-refractivity contribution is 5.90. The highest BCUT2D eigenvalue weighted by atomic mass is 16.3. The molecule has 2 aromatic rings. The summed E-state index contributed by atoms with van der Waals surface area (Å²) in [6.45, 7) is 2.09. The number of hydrogen-bond acceptors (Lipinski definition) is 3. The number of nitrogens with zero attached hydrogens (tertiary/aromatic N) is 3. The predicted octanol–water partition coefficient (Wildman–Crippen LogP) is 1.98. The monoisotopic (exact) mass is 231 g/mol. The molecule has 1 aromatic heterocycles. The number of rotatable bonds is 2. The molecule has 0 bridgehead atoms. The molecule has 0 radical (unpaired) electrons. The number of piperidine rings is 1. The Bertz CT molecular complexity index is 514. The van der Waals surface area contributed by atoms with E-state index in [2.05, 4.69) is 16.1 Å². The van der Waals surface area contributed by atoms with Crippen LogP contribution in [-0.2, 0) is 6.73 Å². The molecule has 0 amide bonds. The van der Waals surface area contributed by atoms with E-state index in [1.165, 1.54) is 19.3 Å². The van der Waals surface area contributed by atoms with Crippen LogP contribution >= 0.6 is 0 Å². The van der Waals surface area contributed by atoms with Gasteiger partial charge in [-0.2, -0.15) is 5.10 Å². The molecule has 0 saturated carbocycles. The van der Waals surface area contributed by atoms with Crippen LogP contribution in [0.3, 0.4) is 0 Å². The number of aromatic nitrogens is 2. The summed E-state index contributed by atoms with van der Waals surface area (Å²) >= 11 is 0. The van der Waals surface area contributed by atoms with E-state index in [-0.39, 0.29) is 6.73 Å². The quantitative estimate of drug-likeness (QED) is 0.859. The maximum Gasteiger partial charge on any atom is 0.158 e. The van der Waals surface area contributed by atoms with E-state index in [9.17, 15) is 5.11 Å². The van der Waals surface area contributed by atoms with E-state index in [0.29, 0.717) is 0 Å². The lowest BCUT2D eigenvalue weighted by Crippen LogP contribution is -2.30. The van der Waals surface area contributed by atoms with Crippen LogP contribution in [0, 0.1) is 0 Å². The minimum absolute atomic E-state index is 0.0612. The van der Waals surface area contributed by atoms with Crippen LogP contribution < -0.4 is 4.90 Å². The second-order valence-corrected chi connectivity index (χ2v) is 4.53. The molecule has 1 aliphatic rings. The summed E-state index contributed by atoms with van der Waals surface area (Å²) < 4.78 is 1.67. The van der Waals surface area contributed by atoms with Crippen molar-refractivity contribution in [2.24, 2.45) is 0 Å². The molecule has 1 N–H and O–H groups in total. The Balaban J connectivity index is 2.08. The lowest BCUT2D eigenvalue weighted by Gasteiger charge is -2.26. The fourth-order valence-electron chi connectivity index (χ4n) is 2.56. The van der Waals surface area contributed by atoms with Crippen LogP contribution in [-0.4, -0.2) is 28.0 Å². The van der Waals surface area contributed by atoms with Gasteiger partial charge < -0.3 is 10.0 Å². The van der Waals surface area contributed by atoms with Gasteiger partial charge in [-0.15, -0.1) is 0 Å². The number of fused-ring (bicyclic) bond motifs is 1. The first-order valence-electron chi connectivity index (χ1n) is 6.21. The van der Waals surface area contributed by atoms with Gasteiger partial charge in [-0.05, 0) is 31.4 Å². The molecule has 4 heteroatoms. The fraction of sp³-hybridized carbons (Fsp3) is 0.462. The van der Waals surface area contributed by atoms with Crippen molar-refractivity contribution in [1.82, 2.24) is 9.78 Å². The summed E-state index contributed by atoms with van der Waals surface area (Å²) in [5, 5.41) is 15.0. The van der Waals surface area contributed by atoms with Crippen LogP contribution in [0.5, 0.6) is 0 Å². The zero-order valence-corrected chi connectivity index (χ0v) is 9.84. The number of para-hydroxylation sites is 1. The van der Waals surface area contributed by atoms with Gasteiger partial charge in [0.1, 0.15) is 6.73 Å². The maximum atomic E-state index is 9.33. The average Bonchev–Trinajstić information content (AvgIpc) is 2.78. The predicted molar refractivity (Wildman–Crippen MR) is 68.0 cm³/mol. The summed E-state index contributed by atoms with van der Waals surface area (Å²) in [5.41, 5.74) is 1.01. The van der Waals surface area contributed by atoms with Gasteiger partial charge in [0.05, 0.1) is 5.52 Å². The largest absolute Gasteiger partial charge is 0.374 e. The number of benzene rings is 1. The second kappa shape index (κ2) is 4.37. The molecule has 17 heavy (non-hydrogen) atoms. The Kier molecular flexibility index (Phi) is 2.73. The van der Waals surface area contributed by atoms with Gasteiger partial charge in [0.15, 0.2) is 5.82 Å². The van der Waals surface area contributed by atoms with Crippen molar-refractivity contribution >= 4 is 16.7 Å². The Labute approximate surface area is 100 Å². The van der Waals surface area contributed by atoms with Crippen molar-refractivity contribution in [2.45, 2.75) is 26.0 Å². The van der Waals surface area contributed by atoms with Crippen LogP contribution in [0.4, 0.5) is 5.82 Å². The van der Waals surface area contributed by atoms with E-state index >= 15 is 0 Å². The fourth-order valence-corrected chi connectivity index (χ4v) is 2.56. The van der Waals surface area contributed by atoms with E-state index in [0.717, 1.165) is 29.8 Å². The van der Waals surface area contributed by atoms with Crippen molar-refractivity contribution in [3.63, 3.8) is 0 Å². The number of aliphatic hydroxyl groups excluding tert-OH is 1. The van der Waals surface area contributed by atoms with Gasteiger partial charge in [-0.25, -0.2) is 4.68 Å². The van der Waals surface area contributed by atoms with Crippen LogP contribution in [0.25, 0.3) is 10.9 Å². The van der Waals surface area contributed by atoms with Gasteiger partial charge in [-0.1, -0.05) is 12.1 Å². The van der Waals surface area contributed by atoms with Crippen molar-refractivity contribution in [1.29, 1.82) is 0 Å². The molecule has 1 saturated heterocycles. The minimum atomic E-state index is -0.0612. The van der Waals surface area contributed by atoms with Crippen LogP contribution in [0.15, 0.2) is 24.3 Å². The topological polar surface area (TPSA) is 41.3 Å². The van der Waals surface area contributed by atoms with Gasteiger partial charge in [-0.3, -0.25) is 0 Å². The van der Waals surface area contributed by atoms with E-state index < -0.39 is 0 Å². The summed E-state index contributed by atoms with van der Waals surface area (Å²) in [5.74, 6) is 1.02. The first-order chi connectivity index (χ1) is 8.40. The highest BCUT2D eigenvalue weighted by Crippen LogP contribution is 2.27. The minimum Gasteiger partial charge on any atom is -0.374 e. The van der Waals surface area contributed by atoms with Crippen LogP contribution in [0.1, 0.15) is 19.3 Å². The number of hydrogen-bond donors (Lipinski definition) is 1. The molecule has 2 heterocycles. The molecule has 3 rings (SSSR count). The molecule has 1 aromatic carbocycles. The highest BCUT2D eigenvalue weighted by Gasteiger charge is 2.17. The zero-order valence-electron chi connectivity index (χ0n) is 9.84. The Morgan fingerprint density at radius 3 is 2.65 bits per heavy atom. The third-order valence-corrected chi connectivity index (χ3v) is 3.43. The molecule has 1 aliphatic heterocycles. The Morgan fingerprint density at radius 1 is 1.12 bits per heavy atom. The molecule has 0 spiro atoms. The molecule has 0 atom stereocenters. The first kappa shape index (κ1) is 10.6. The summed E-state index contributed by atoms with van der Waals surface area (Å²) in [4.78, 5) is 2.33. The van der Waals surface area contributed by atoms with Crippen molar-refractivity contribution in [2.75, 3.05) is 18.0 Å². The van der Waals surface area contributed by atoms with Crippen molar-refractivity contribution in [3.05, 3.63) is 24.3 Å². The average molecular weight is 231 g/mol. The molecule has 90 valence electrons. The molecule has 0 unspecified atom stereocenters. The SMILES string of the molecule is OCn1nc(N2CCCCC2)c2ccccc21. The number of anilines is 1. The third kappa shape index (κ3) is 1.78. The van der Waals surface area contributed by atoms with Gasteiger partial charge in [0.25, 0.3) is 0 Å². The molecule has 0 aliphatic carbocycles. The lowest BCUT2D eigenvalue weighted by atomic mass is 10.1. The van der Waals surface area contributed by atoms with E-state index in [1.807, 2.05) is 18.2 Å². The van der Waals surface area contributed by atoms with Gasteiger partial charge >= 0.3 is 0 Å². The van der Waals surface area contributed by atoms with Crippen molar-refractivity contribution < 1.29 is 5.11 Å². The smallest absolute Gasteiger partial charge is 0.158 e. The van der Waals surface area contributed by atoms with Gasteiger partial charge in [0.2, 0.25) is 0 Å². The molecule has 1 fully saturated rings. The zero-order chi connectivity index (χ0) is 11.7. The summed E-state index contributed by atoms with van der Waals surface area (Å²) in [6, 6.07) is 8.10. The van der Waals surface area contributed by atoms with E-state index in [1.54, 1.807) is 4.68 Å². The Morgan fingerprint density at radius 2 is 1.88 bits per heavy atom. The molecular formula is C13H17N3O. The van der Waals surface area contributed by atoms with E-state index in [4.69, 9.17) is 0 Å². The van der Waals surface area contributed by atoms with Crippen molar-refractivity contribution in [3.8, 4) is 0 Å². The number of aliphatic hydroxyl groups is 1. The second-order valence-electron chi connectivity index (χ2n) is 4.53. The lowest BCUT2D eigenvalue weighted by molar-refractivity contribution is 0.200. The summed E-state index contributed by atoms with van der Waals surface area (Å²) in [7, 11) is 0. The normalized spacial score (nSPS) is 16.6. The molecule has 4 nitrogen and oxygen atoms in total. The van der Waals surface area contributed by atoms with Crippen LogP contribution in [0.2, 0.25) is 0 Å². The molecular weight excluding hydrogens is 214 g/mol. The third-order valence-electron chi connectivity index (χ3n) is 3.43. The summed E-state index contributed by atoms with van der Waals surface area (Å²) in [6.07, 6.45) is 3.79. The van der Waals surface area contributed by atoms with Gasteiger partial charge in [0, 0.05) is 18.5 Å². The first-order valence-corrected chi connectivity index (χ1v) is 6.21.